The third kappa shape index (κ3) is 5.31. The molecule has 2 N–H and O–H groups in total. The maximum absolute atomic E-state index is 12.2. The number of anilines is 1. The lowest BCUT2D eigenvalue weighted by Gasteiger charge is -2.32. The first-order valence-corrected chi connectivity index (χ1v) is 9.54. The summed E-state index contributed by atoms with van der Waals surface area (Å²) in [5, 5.41) is 6.04. The van der Waals surface area contributed by atoms with Crippen LogP contribution < -0.4 is 10.6 Å². The maximum Gasteiger partial charge on any atom is 0.313 e. The normalized spacial score (nSPS) is 15.3. The predicted octanol–water partition coefficient (Wildman–Crippen LogP) is 3.37. The van der Waals surface area contributed by atoms with Gasteiger partial charge in [0.05, 0.1) is 0 Å². The van der Waals surface area contributed by atoms with E-state index in [1.807, 2.05) is 18.2 Å². The van der Waals surface area contributed by atoms with E-state index in [1.54, 1.807) is 25.1 Å². The minimum absolute atomic E-state index is 0.0238. The molecule has 1 aliphatic heterocycles. The highest BCUT2D eigenvalue weighted by molar-refractivity contribution is 6.40. The van der Waals surface area contributed by atoms with Gasteiger partial charge in [-0.25, -0.2) is 0 Å². The molecule has 2 aromatic rings. The molecule has 0 atom stereocenters. The number of likely N-dealkylation sites (tertiary alicyclic amines) is 1. The molecule has 5 nitrogen and oxygen atoms in total. The fourth-order valence-corrected chi connectivity index (χ4v) is 3.42. The van der Waals surface area contributed by atoms with E-state index in [4.69, 9.17) is 11.6 Å². The standard InChI is InChI=1S/C21H24ClN3O2/c1-15-18(22)8-5-9-19(15)24-21(27)20(26)23-17-10-12-25(13-11-17)14-16-6-3-2-4-7-16/h2-9,17H,10-14H2,1H3,(H,23,26)(H,24,27). The quantitative estimate of drug-likeness (QED) is 0.793. The zero-order valence-corrected chi connectivity index (χ0v) is 16.1. The Kier molecular flexibility index (Phi) is 6.48. The number of carbonyl (C=O) groups excluding carboxylic acids is 2. The minimum Gasteiger partial charge on any atom is -0.345 e. The van der Waals surface area contributed by atoms with Gasteiger partial charge in [0.15, 0.2) is 0 Å². The minimum atomic E-state index is -0.660. The van der Waals surface area contributed by atoms with E-state index in [1.165, 1.54) is 5.56 Å². The van der Waals surface area contributed by atoms with Crippen molar-refractivity contribution in [3.05, 3.63) is 64.7 Å². The van der Waals surface area contributed by atoms with Gasteiger partial charge < -0.3 is 10.6 Å². The van der Waals surface area contributed by atoms with Crippen LogP contribution in [0.2, 0.25) is 5.02 Å². The van der Waals surface area contributed by atoms with Gasteiger partial charge in [-0.3, -0.25) is 14.5 Å². The zero-order chi connectivity index (χ0) is 19.2. The van der Waals surface area contributed by atoms with Gasteiger partial charge in [-0.05, 0) is 43.0 Å². The highest BCUT2D eigenvalue weighted by Gasteiger charge is 2.23. The van der Waals surface area contributed by atoms with Crippen LogP contribution in [0, 0.1) is 6.92 Å². The summed E-state index contributed by atoms with van der Waals surface area (Å²) in [6, 6.07) is 15.6. The fourth-order valence-electron chi connectivity index (χ4n) is 3.25. The van der Waals surface area contributed by atoms with E-state index >= 15 is 0 Å². The van der Waals surface area contributed by atoms with Crippen molar-refractivity contribution in [2.45, 2.75) is 32.4 Å². The Hall–Kier alpha value is -2.37. The molecule has 0 aliphatic carbocycles. The van der Waals surface area contributed by atoms with Crippen LogP contribution in [-0.4, -0.2) is 35.8 Å². The highest BCUT2D eigenvalue weighted by atomic mass is 35.5. The third-order valence-electron chi connectivity index (χ3n) is 4.89. The number of benzene rings is 2. The summed E-state index contributed by atoms with van der Waals surface area (Å²) in [4.78, 5) is 26.8. The van der Waals surface area contributed by atoms with Crippen LogP contribution in [0.25, 0.3) is 0 Å². The van der Waals surface area contributed by atoms with Gasteiger partial charge in [0.1, 0.15) is 0 Å². The molecule has 0 saturated carbocycles. The molecule has 2 amide bonds. The van der Waals surface area contributed by atoms with Crippen LogP contribution >= 0.6 is 11.6 Å². The number of hydrogen-bond donors (Lipinski definition) is 2. The second-order valence-corrected chi connectivity index (χ2v) is 7.28. The lowest BCUT2D eigenvalue weighted by molar-refractivity contribution is -0.136. The Balaban J connectivity index is 1.46. The zero-order valence-electron chi connectivity index (χ0n) is 15.4. The Morgan fingerprint density at radius 1 is 1.04 bits per heavy atom. The Labute approximate surface area is 164 Å². The van der Waals surface area contributed by atoms with Crippen molar-refractivity contribution >= 4 is 29.1 Å². The van der Waals surface area contributed by atoms with E-state index in [0.29, 0.717) is 10.7 Å². The molecule has 0 spiro atoms. The van der Waals surface area contributed by atoms with Crippen molar-refractivity contribution in [1.29, 1.82) is 0 Å². The summed E-state index contributed by atoms with van der Waals surface area (Å²) in [5.74, 6) is -1.26. The largest absolute Gasteiger partial charge is 0.345 e. The molecule has 142 valence electrons. The van der Waals surface area contributed by atoms with Crippen molar-refractivity contribution in [3.8, 4) is 0 Å². The summed E-state index contributed by atoms with van der Waals surface area (Å²) in [6.45, 7) is 4.51. The molecule has 2 aromatic carbocycles. The molecule has 0 radical (unpaired) electrons. The van der Waals surface area contributed by atoms with Crippen LogP contribution in [0.1, 0.15) is 24.0 Å². The maximum atomic E-state index is 12.2. The Bertz CT molecular complexity index is 802. The molecule has 27 heavy (non-hydrogen) atoms. The first kappa shape index (κ1) is 19.4. The van der Waals surface area contributed by atoms with Gasteiger partial charge in [0, 0.05) is 36.4 Å². The Morgan fingerprint density at radius 2 is 1.74 bits per heavy atom. The van der Waals surface area contributed by atoms with E-state index in [2.05, 4.69) is 27.7 Å². The molecule has 0 aromatic heterocycles. The predicted molar refractivity (Wildman–Crippen MR) is 108 cm³/mol. The number of piperidine rings is 1. The van der Waals surface area contributed by atoms with Crippen LogP contribution in [0.3, 0.4) is 0 Å². The monoisotopic (exact) mass is 385 g/mol. The van der Waals surface area contributed by atoms with Gasteiger partial charge in [-0.2, -0.15) is 0 Å². The van der Waals surface area contributed by atoms with Crippen molar-refractivity contribution in [2.75, 3.05) is 18.4 Å². The van der Waals surface area contributed by atoms with Crippen molar-refractivity contribution in [1.82, 2.24) is 10.2 Å². The van der Waals surface area contributed by atoms with Gasteiger partial charge in [0.2, 0.25) is 0 Å². The van der Waals surface area contributed by atoms with E-state index < -0.39 is 11.8 Å². The van der Waals surface area contributed by atoms with E-state index in [-0.39, 0.29) is 6.04 Å². The summed E-state index contributed by atoms with van der Waals surface area (Å²) in [6.07, 6.45) is 1.67. The van der Waals surface area contributed by atoms with Gasteiger partial charge >= 0.3 is 11.8 Å². The van der Waals surface area contributed by atoms with Crippen LogP contribution in [0.15, 0.2) is 48.5 Å². The van der Waals surface area contributed by atoms with Gasteiger partial charge in [-0.15, -0.1) is 0 Å². The summed E-state index contributed by atoms with van der Waals surface area (Å²) in [5.41, 5.74) is 2.59. The second kappa shape index (κ2) is 9.02. The lowest BCUT2D eigenvalue weighted by Crippen LogP contribution is -2.47. The van der Waals surface area contributed by atoms with E-state index in [0.717, 1.165) is 38.0 Å². The molecular weight excluding hydrogens is 362 g/mol. The molecule has 1 aliphatic rings. The summed E-state index contributed by atoms with van der Waals surface area (Å²) in [7, 11) is 0. The summed E-state index contributed by atoms with van der Waals surface area (Å²) < 4.78 is 0. The van der Waals surface area contributed by atoms with Crippen LogP contribution in [0.4, 0.5) is 5.69 Å². The van der Waals surface area contributed by atoms with Crippen molar-refractivity contribution in [2.24, 2.45) is 0 Å². The molecule has 1 heterocycles. The number of nitrogens with zero attached hydrogens (tertiary/aromatic N) is 1. The summed E-state index contributed by atoms with van der Waals surface area (Å²) >= 11 is 6.05. The first-order chi connectivity index (χ1) is 13.0. The van der Waals surface area contributed by atoms with Crippen molar-refractivity contribution < 1.29 is 9.59 Å². The molecule has 1 saturated heterocycles. The number of amides is 2. The average Bonchev–Trinajstić information content (AvgIpc) is 2.68. The molecule has 3 rings (SSSR count). The first-order valence-electron chi connectivity index (χ1n) is 9.16. The van der Waals surface area contributed by atoms with Crippen LogP contribution in [-0.2, 0) is 16.1 Å². The average molecular weight is 386 g/mol. The number of carbonyl (C=O) groups is 2. The molecule has 1 fully saturated rings. The topological polar surface area (TPSA) is 61.4 Å². The number of rotatable bonds is 4. The van der Waals surface area contributed by atoms with Gasteiger partial charge in [-0.1, -0.05) is 48.0 Å². The third-order valence-corrected chi connectivity index (χ3v) is 5.30. The highest BCUT2D eigenvalue weighted by Crippen LogP contribution is 2.22. The number of halogens is 1. The SMILES string of the molecule is Cc1c(Cl)cccc1NC(=O)C(=O)NC1CCN(Cc2ccccc2)CC1. The Morgan fingerprint density at radius 3 is 2.44 bits per heavy atom. The van der Waals surface area contributed by atoms with E-state index in [9.17, 15) is 9.59 Å². The fraction of sp³-hybridized carbons (Fsp3) is 0.333. The van der Waals surface area contributed by atoms with Gasteiger partial charge in [0.25, 0.3) is 0 Å². The number of hydrogen-bond acceptors (Lipinski definition) is 3. The second-order valence-electron chi connectivity index (χ2n) is 6.88. The number of nitrogens with one attached hydrogen (secondary N) is 2. The molecule has 0 unspecified atom stereocenters. The molecule has 0 bridgehead atoms. The van der Waals surface area contributed by atoms with Crippen LogP contribution in [0.5, 0.6) is 0 Å². The molecule has 6 heteroatoms. The lowest BCUT2D eigenvalue weighted by atomic mass is 10.0. The van der Waals surface area contributed by atoms with Crippen molar-refractivity contribution in [3.63, 3.8) is 0 Å². The molecular formula is C21H24ClN3O2. The smallest absolute Gasteiger partial charge is 0.313 e.